The SMILES string of the molecule is c1ccc(-c2ccc(N(c3ccc4sc5ncccc5c4c3)c3cc4ccccc4c4ccccc34)cc2)cc1. The van der Waals surface area contributed by atoms with E-state index < -0.39 is 0 Å². The van der Waals surface area contributed by atoms with Crippen molar-refractivity contribution >= 4 is 70.2 Å². The molecule has 0 aliphatic carbocycles. The molecule has 2 aromatic heterocycles. The van der Waals surface area contributed by atoms with Gasteiger partial charge in [0.25, 0.3) is 0 Å². The lowest BCUT2D eigenvalue weighted by Crippen LogP contribution is -2.10. The van der Waals surface area contributed by atoms with Crippen molar-refractivity contribution in [3.05, 3.63) is 146 Å². The summed E-state index contributed by atoms with van der Waals surface area (Å²) in [6.07, 6.45) is 1.88. The molecular weight excluding hydrogens is 504 g/mol. The van der Waals surface area contributed by atoms with Gasteiger partial charge < -0.3 is 4.90 Å². The van der Waals surface area contributed by atoms with E-state index in [2.05, 4.69) is 143 Å². The summed E-state index contributed by atoms with van der Waals surface area (Å²) >= 11 is 1.75. The van der Waals surface area contributed by atoms with Gasteiger partial charge in [0, 0.05) is 38.4 Å². The molecule has 0 aliphatic heterocycles. The minimum Gasteiger partial charge on any atom is -0.310 e. The Morgan fingerprint density at radius 1 is 0.475 bits per heavy atom. The number of benzene rings is 6. The summed E-state index contributed by atoms with van der Waals surface area (Å²) < 4.78 is 1.25. The molecule has 0 saturated carbocycles. The molecule has 0 unspecified atom stereocenters. The molecule has 0 spiro atoms. The first-order valence-electron chi connectivity index (χ1n) is 13.5. The van der Waals surface area contributed by atoms with E-state index in [0.29, 0.717) is 0 Å². The van der Waals surface area contributed by atoms with Crippen molar-refractivity contribution in [2.24, 2.45) is 0 Å². The Bertz CT molecular complexity index is 2160. The number of rotatable bonds is 4. The van der Waals surface area contributed by atoms with Crippen LogP contribution in [0.2, 0.25) is 0 Å². The molecule has 0 aliphatic rings. The van der Waals surface area contributed by atoms with Gasteiger partial charge in [0.15, 0.2) is 0 Å². The largest absolute Gasteiger partial charge is 0.310 e. The van der Waals surface area contributed by atoms with Crippen molar-refractivity contribution in [1.82, 2.24) is 4.98 Å². The van der Waals surface area contributed by atoms with Gasteiger partial charge in [0.1, 0.15) is 4.83 Å². The maximum Gasteiger partial charge on any atom is 0.124 e. The Morgan fingerprint density at radius 2 is 1.15 bits per heavy atom. The molecule has 8 aromatic rings. The predicted octanol–water partition coefficient (Wildman–Crippen LogP) is 10.9. The number of hydrogen-bond acceptors (Lipinski definition) is 3. The fraction of sp³-hybridized carbons (Fsp3) is 0. The summed E-state index contributed by atoms with van der Waals surface area (Å²) in [6.45, 7) is 0. The molecule has 6 aromatic carbocycles. The molecule has 2 heterocycles. The first kappa shape index (κ1) is 22.9. The van der Waals surface area contributed by atoms with E-state index in [1.54, 1.807) is 11.3 Å². The van der Waals surface area contributed by atoms with Gasteiger partial charge in [-0.2, -0.15) is 0 Å². The summed E-state index contributed by atoms with van der Waals surface area (Å²) in [4.78, 5) is 8.11. The molecule has 0 fully saturated rings. The fourth-order valence-corrected chi connectivity index (χ4v) is 6.84. The van der Waals surface area contributed by atoms with Crippen LogP contribution in [0.4, 0.5) is 17.1 Å². The molecule has 40 heavy (non-hydrogen) atoms. The van der Waals surface area contributed by atoms with E-state index in [1.165, 1.54) is 53.8 Å². The third-order valence-corrected chi connectivity index (χ3v) is 8.80. The monoisotopic (exact) mass is 528 g/mol. The van der Waals surface area contributed by atoms with Crippen LogP contribution in [0.3, 0.4) is 0 Å². The van der Waals surface area contributed by atoms with Crippen LogP contribution in [0.5, 0.6) is 0 Å². The number of anilines is 3. The van der Waals surface area contributed by atoms with Gasteiger partial charge in [-0.25, -0.2) is 4.98 Å². The van der Waals surface area contributed by atoms with E-state index in [1.807, 2.05) is 12.3 Å². The average Bonchev–Trinajstić information content (AvgIpc) is 3.40. The van der Waals surface area contributed by atoms with E-state index in [0.717, 1.165) is 16.2 Å². The number of fused-ring (bicyclic) bond motifs is 6. The molecule has 0 N–H and O–H groups in total. The van der Waals surface area contributed by atoms with Crippen LogP contribution in [0.15, 0.2) is 146 Å². The molecule has 0 radical (unpaired) electrons. The zero-order valence-corrected chi connectivity index (χ0v) is 22.5. The zero-order chi connectivity index (χ0) is 26.5. The number of nitrogens with zero attached hydrogens (tertiary/aromatic N) is 2. The highest BCUT2D eigenvalue weighted by atomic mass is 32.1. The smallest absolute Gasteiger partial charge is 0.124 e. The van der Waals surface area contributed by atoms with Crippen LogP contribution in [0.25, 0.3) is 53.0 Å². The van der Waals surface area contributed by atoms with Crippen LogP contribution in [-0.4, -0.2) is 4.98 Å². The van der Waals surface area contributed by atoms with Gasteiger partial charge in [0.05, 0.1) is 5.69 Å². The minimum atomic E-state index is 1.07. The second-order valence-electron chi connectivity index (χ2n) is 10.0. The Balaban J connectivity index is 1.39. The number of pyridine rings is 1. The van der Waals surface area contributed by atoms with Crippen LogP contribution in [-0.2, 0) is 0 Å². The number of thiophene rings is 1. The molecule has 8 rings (SSSR count). The topological polar surface area (TPSA) is 16.1 Å². The maximum atomic E-state index is 4.63. The standard InChI is InChI=1S/C37H24N2S/c1-2-9-25(10-3-1)26-16-18-28(19-17-26)39(29-20-21-36-34(24-29)33-15-8-22-38-37(33)40-36)35-23-27-11-4-5-12-30(27)31-13-6-7-14-32(31)35/h1-24H. The highest BCUT2D eigenvalue weighted by Crippen LogP contribution is 2.44. The molecule has 2 nitrogen and oxygen atoms in total. The quantitative estimate of drug-likeness (QED) is 0.211. The molecule has 3 heteroatoms. The van der Waals surface area contributed by atoms with Gasteiger partial charge in [-0.05, 0) is 75.8 Å². The first-order valence-corrected chi connectivity index (χ1v) is 14.3. The summed E-state index contributed by atoms with van der Waals surface area (Å²) in [5.41, 5.74) is 5.84. The molecular formula is C37H24N2S. The van der Waals surface area contributed by atoms with E-state index in [9.17, 15) is 0 Å². The lowest BCUT2D eigenvalue weighted by Gasteiger charge is -2.28. The van der Waals surface area contributed by atoms with Gasteiger partial charge in [0.2, 0.25) is 0 Å². The fourth-order valence-electron chi connectivity index (χ4n) is 5.82. The van der Waals surface area contributed by atoms with Crippen LogP contribution in [0.1, 0.15) is 0 Å². The second kappa shape index (κ2) is 9.33. The highest BCUT2D eigenvalue weighted by molar-refractivity contribution is 7.25. The molecule has 188 valence electrons. The molecule has 0 bridgehead atoms. The van der Waals surface area contributed by atoms with Gasteiger partial charge in [-0.3, -0.25) is 0 Å². The van der Waals surface area contributed by atoms with Crippen molar-refractivity contribution < 1.29 is 0 Å². The summed E-state index contributed by atoms with van der Waals surface area (Å²) in [7, 11) is 0. The first-order chi connectivity index (χ1) is 19.8. The lowest BCUT2D eigenvalue weighted by atomic mass is 9.98. The second-order valence-corrected chi connectivity index (χ2v) is 11.1. The molecule has 0 atom stereocenters. The predicted molar refractivity (Wildman–Crippen MR) is 172 cm³/mol. The van der Waals surface area contributed by atoms with E-state index in [-0.39, 0.29) is 0 Å². The van der Waals surface area contributed by atoms with Crippen molar-refractivity contribution in [2.75, 3.05) is 4.90 Å². The highest BCUT2D eigenvalue weighted by Gasteiger charge is 2.19. The van der Waals surface area contributed by atoms with Crippen molar-refractivity contribution in [1.29, 1.82) is 0 Å². The number of hydrogen-bond donors (Lipinski definition) is 0. The van der Waals surface area contributed by atoms with Gasteiger partial charge in [-0.15, -0.1) is 11.3 Å². The summed E-state index contributed by atoms with van der Waals surface area (Å²) in [5, 5.41) is 7.42. The average molecular weight is 529 g/mol. The van der Waals surface area contributed by atoms with Gasteiger partial charge >= 0.3 is 0 Å². The summed E-state index contributed by atoms with van der Waals surface area (Å²) in [6, 6.07) is 50.3. The number of aromatic nitrogens is 1. The maximum absolute atomic E-state index is 4.63. The Kier molecular flexibility index (Phi) is 5.35. The van der Waals surface area contributed by atoms with E-state index in [4.69, 9.17) is 0 Å². The van der Waals surface area contributed by atoms with Crippen LogP contribution < -0.4 is 4.90 Å². The Hall–Kier alpha value is -4.99. The molecule has 0 saturated heterocycles. The zero-order valence-electron chi connectivity index (χ0n) is 21.7. The Morgan fingerprint density at radius 3 is 2.00 bits per heavy atom. The van der Waals surface area contributed by atoms with Crippen molar-refractivity contribution in [2.45, 2.75) is 0 Å². The Labute approximate surface area is 236 Å². The van der Waals surface area contributed by atoms with Crippen molar-refractivity contribution in [3.8, 4) is 11.1 Å². The van der Waals surface area contributed by atoms with E-state index >= 15 is 0 Å². The van der Waals surface area contributed by atoms with Crippen LogP contribution >= 0.6 is 11.3 Å². The minimum absolute atomic E-state index is 1.07. The van der Waals surface area contributed by atoms with Crippen molar-refractivity contribution in [3.63, 3.8) is 0 Å². The molecule has 0 amide bonds. The van der Waals surface area contributed by atoms with Crippen LogP contribution in [0, 0.1) is 0 Å². The normalized spacial score (nSPS) is 11.5. The third kappa shape index (κ3) is 3.75. The third-order valence-electron chi connectivity index (χ3n) is 7.71. The lowest BCUT2D eigenvalue weighted by molar-refractivity contribution is 1.31. The summed E-state index contributed by atoms with van der Waals surface area (Å²) in [5.74, 6) is 0. The van der Waals surface area contributed by atoms with Gasteiger partial charge in [-0.1, -0.05) is 91.0 Å².